The van der Waals surface area contributed by atoms with Crippen molar-refractivity contribution >= 4 is 5.97 Å². The van der Waals surface area contributed by atoms with Gasteiger partial charge in [0.2, 0.25) is 0 Å². The standard InChI is InChI=1S/C14H14N2O2/c17-13(18)9-14(5-6-14)11-1-3-12(4-2-11)16-8-7-15-10-16/h1-4,7-8,10H,5-6,9H2,(H,17,18). The van der Waals surface area contributed by atoms with Gasteiger partial charge < -0.3 is 9.67 Å². The van der Waals surface area contributed by atoms with Crippen molar-refractivity contribution in [1.29, 1.82) is 0 Å². The average molecular weight is 242 g/mol. The molecule has 1 fully saturated rings. The van der Waals surface area contributed by atoms with Crippen LogP contribution in [0, 0.1) is 0 Å². The van der Waals surface area contributed by atoms with Gasteiger partial charge in [-0.2, -0.15) is 0 Å². The number of aliphatic carboxylic acids is 1. The monoisotopic (exact) mass is 242 g/mol. The number of carbonyl (C=O) groups is 1. The van der Waals surface area contributed by atoms with E-state index in [1.54, 1.807) is 12.5 Å². The van der Waals surface area contributed by atoms with Crippen LogP contribution in [0.2, 0.25) is 0 Å². The fourth-order valence-corrected chi connectivity index (χ4v) is 2.41. The normalized spacial score (nSPS) is 16.4. The topological polar surface area (TPSA) is 55.1 Å². The van der Waals surface area contributed by atoms with Crippen LogP contribution in [0.5, 0.6) is 0 Å². The molecule has 1 aliphatic rings. The number of aromatic nitrogens is 2. The molecule has 0 atom stereocenters. The smallest absolute Gasteiger partial charge is 0.304 e. The highest BCUT2D eigenvalue weighted by Gasteiger charge is 2.45. The fourth-order valence-electron chi connectivity index (χ4n) is 2.41. The Bertz CT molecular complexity index is 554. The lowest BCUT2D eigenvalue weighted by molar-refractivity contribution is -0.137. The van der Waals surface area contributed by atoms with Crippen molar-refractivity contribution in [2.45, 2.75) is 24.7 Å². The number of rotatable bonds is 4. The lowest BCUT2D eigenvalue weighted by Crippen LogP contribution is -2.12. The molecule has 1 aliphatic carbocycles. The van der Waals surface area contributed by atoms with Crippen molar-refractivity contribution < 1.29 is 9.90 Å². The van der Waals surface area contributed by atoms with E-state index in [4.69, 9.17) is 5.11 Å². The van der Waals surface area contributed by atoms with Crippen LogP contribution in [-0.2, 0) is 10.2 Å². The van der Waals surface area contributed by atoms with Gasteiger partial charge >= 0.3 is 5.97 Å². The number of benzene rings is 1. The highest BCUT2D eigenvalue weighted by Crippen LogP contribution is 2.51. The minimum Gasteiger partial charge on any atom is -0.481 e. The van der Waals surface area contributed by atoms with E-state index in [1.165, 1.54) is 0 Å². The third kappa shape index (κ3) is 1.90. The number of hydrogen-bond donors (Lipinski definition) is 1. The molecule has 0 bridgehead atoms. The molecule has 2 aromatic rings. The summed E-state index contributed by atoms with van der Waals surface area (Å²) in [4.78, 5) is 14.9. The van der Waals surface area contributed by atoms with Crippen LogP contribution in [0.4, 0.5) is 0 Å². The Morgan fingerprint density at radius 2 is 2.06 bits per heavy atom. The van der Waals surface area contributed by atoms with Crippen molar-refractivity contribution in [3.63, 3.8) is 0 Å². The summed E-state index contributed by atoms with van der Waals surface area (Å²) in [6.07, 6.45) is 7.56. The predicted molar refractivity (Wildman–Crippen MR) is 66.7 cm³/mol. The molecule has 0 radical (unpaired) electrons. The minimum atomic E-state index is -0.716. The molecule has 0 aliphatic heterocycles. The molecule has 1 heterocycles. The maximum Gasteiger partial charge on any atom is 0.304 e. The minimum absolute atomic E-state index is 0.112. The summed E-state index contributed by atoms with van der Waals surface area (Å²) in [5.41, 5.74) is 2.07. The second-order valence-corrected chi connectivity index (χ2v) is 4.87. The Balaban J connectivity index is 1.86. The van der Waals surface area contributed by atoms with Crippen LogP contribution in [0.15, 0.2) is 43.0 Å². The molecule has 1 aromatic carbocycles. The summed E-state index contributed by atoms with van der Waals surface area (Å²) in [6, 6.07) is 8.09. The number of imidazole rings is 1. The summed E-state index contributed by atoms with van der Waals surface area (Å²) < 4.78 is 1.93. The van der Waals surface area contributed by atoms with Gasteiger partial charge in [0.25, 0.3) is 0 Å². The average Bonchev–Trinajstić information content (AvgIpc) is 2.93. The summed E-state index contributed by atoms with van der Waals surface area (Å²) >= 11 is 0. The third-order valence-electron chi connectivity index (χ3n) is 3.63. The van der Waals surface area contributed by atoms with E-state index in [-0.39, 0.29) is 11.8 Å². The Morgan fingerprint density at radius 3 is 2.56 bits per heavy atom. The molecule has 0 unspecified atom stereocenters. The molecule has 0 saturated heterocycles. The molecular formula is C14H14N2O2. The highest BCUT2D eigenvalue weighted by atomic mass is 16.4. The second-order valence-electron chi connectivity index (χ2n) is 4.87. The zero-order valence-corrected chi connectivity index (χ0v) is 9.91. The molecule has 4 heteroatoms. The predicted octanol–water partition coefficient (Wildman–Crippen LogP) is 2.38. The zero-order chi connectivity index (χ0) is 12.6. The van der Waals surface area contributed by atoms with Gasteiger partial charge in [-0.25, -0.2) is 4.98 Å². The molecular weight excluding hydrogens is 228 g/mol. The summed E-state index contributed by atoms with van der Waals surface area (Å²) in [5.74, 6) is -0.716. The number of hydrogen-bond acceptors (Lipinski definition) is 2. The molecule has 1 saturated carbocycles. The fraction of sp³-hybridized carbons (Fsp3) is 0.286. The van der Waals surface area contributed by atoms with E-state index in [0.717, 1.165) is 24.1 Å². The van der Waals surface area contributed by atoms with E-state index in [1.807, 2.05) is 35.0 Å². The Labute approximate surface area is 105 Å². The van der Waals surface area contributed by atoms with Gasteiger partial charge in [0.15, 0.2) is 0 Å². The van der Waals surface area contributed by atoms with Gasteiger partial charge in [0, 0.05) is 23.5 Å². The SMILES string of the molecule is O=C(O)CC1(c2ccc(-n3ccnc3)cc2)CC1. The van der Waals surface area contributed by atoms with Crippen LogP contribution >= 0.6 is 0 Å². The molecule has 0 amide bonds. The lowest BCUT2D eigenvalue weighted by atomic mass is 9.92. The van der Waals surface area contributed by atoms with Crippen molar-refractivity contribution in [2.75, 3.05) is 0 Å². The quantitative estimate of drug-likeness (QED) is 0.895. The van der Waals surface area contributed by atoms with Gasteiger partial charge in [-0.3, -0.25) is 4.79 Å². The third-order valence-corrected chi connectivity index (χ3v) is 3.63. The van der Waals surface area contributed by atoms with E-state index < -0.39 is 5.97 Å². The maximum absolute atomic E-state index is 10.9. The van der Waals surface area contributed by atoms with E-state index in [9.17, 15) is 4.79 Å². The second kappa shape index (κ2) is 3.98. The molecule has 1 N–H and O–H groups in total. The van der Waals surface area contributed by atoms with Crippen molar-refractivity contribution in [3.05, 3.63) is 48.5 Å². The molecule has 18 heavy (non-hydrogen) atoms. The molecule has 3 rings (SSSR count). The number of nitrogens with zero attached hydrogens (tertiary/aromatic N) is 2. The first-order valence-electron chi connectivity index (χ1n) is 6.00. The number of carboxylic acids is 1. The first-order valence-corrected chi connectivity index (χ1v) is 6.00. The summed E-state index contributed by atoms with van der Waals surface area (Å²) in [6.45, 7) is 0. The molecule has 4 nitrogen and oxygen atoms in total. The van der Waals surface area contributed by atoms with Crippen LogP contribution in [0.25, 0.3) is 5.69 Å². The Hall–Kier alpha value is -2.10. The first kappa shape index (κ1) is 11.0. The Morgan fingerprint density at radius 1 is 1.33 bits per heavy atom. The van der Waals surface area contributed by atoms with Crippen LogP contribution < -0.4 is 0 Å². The molecule has 0 spiro atoms. The van der Waals surface area contributed by atoms with Gasteiger partial charge in [0.05, 0.1) is 12.7 Å². The number of carboxylic acid groups (broad SMARTS) is 1. The lowest BCUT2D eigenvalue weighted by Gasteiger charge is -2.13. The summed E-state index contributed by atoms with van der Waals surface area (Å²) in [7, 11) is 0. The Kier molecular flexibility index (Phi) is 2.44. The summed E-state index contributed by atoms with van der Waals surface area (Å²) in [5, 5.41) is 8.94. The van der Waals surface area contributed by atoms with Crippen molar-refractivity contribution in [1.82, 2.24) is 9.55 Å². The van der Waals surface area contributed by atoms with Crippen LogP contribution in [-0.4, -0.2) is 20.6 Å². The van der Waals surface area contributed by atoms with Gasteiger partial charge in [-0.1, -0.05) is 12.1 Å². The van der Waals surface area contributed by atoms with Gasteiger partial charge in [-0.15, -0.1) is 0 Å². The van der Waals surface area contributed by atoms with Gasteiger partial charge in [0.1, 0.15) is 0 Å². The molecule has 92 valence electrons. The first-order chi connectivity index (χ1) is 8.70. The highest BCUT2D eigenvalue weighted by molar-refractivity contribution is 5.70. The van der Waals surface area contributed by atoms with Crippen LogP contribution in [0.1, 0.15) is 24.8 Å². The van der Waals surface area contributed by atoms with Crippen molar-refractivity contribution in [3.8, 4) is 5.69 Å². The van der Waals surface area contributed by atoms with E-state index >= 15 is 0 Å². The van der Waals surface area contributed by atoms with Crippen LogP contribution in [0.3, 0.4) is 0 Å². The largest absolute Gasteiger partial charge is 0.481 e. The molecule has 1 aromatic heterocycles. The van der Waals surface area contributed by atoms with E-state index in [0.29, 0.717) is 0 Å². The van der Waals surface area contributed by atoms with Crippen molar-refractivity contribution in [2.24, 2.45) is 0 Å². The van der Waals surface area contributed by atoms with Gasteiger partial charge in [-0.05, 0) is 30.5 Å². The zero-order valence-electron chi connectivity index (χ0n) is 9.91. The van der Waals surface area contributed by atoms with E-state index in [2.05, 4.69) is 4.98 Å². The maximum atomic E-state index is 10.9.